The number of carbonyl (C=O) groups is 1. The number of para-hydroxylation sites is 2. The molecule has 164 valence electrons. The number of ether oxygens (including phenoxy) is 1. The topological polar surface area (TPSA) is 56.2 Å². The molecule has 32 heavy (non-hydrogen) atoms. The average Bonchev–Trinajstić information content (AvgIpc) is 3.18. The lowest BCUT2D eigenvalue weighted by Crippen LogP contribution is -2.25. The highest BCUT2D eigenvalue weighted by molar-refractivity contribution is 6.30. The van der Waals surface area contributed by atoms with Crippen LogP contribution in [0.2, 0.25) is 5.02 Å². The standard InChI is InChI=1S/C26H26ClN3O2/c27-21-12-14-22(15-13-21)32-18-6-17-30-24-10-5-4-9-23(24)29-25(30)19-28-26(31)16-11-20-7-2-1-3-8-20/h1-5,7-10,12-15H,6,11,16-19H2,(H,28,31). The minimum atomic E-state index is 0.0264. The van der Waals surface area contributed by atoms with Crippen molar-refractivity contribution in [2.24, 2.45) is 0 Å². The van der Waals surface area contributed by atoms with E-state index in [-0.39, 0.29) is 5.91 Å². The number of fused-ring (bicyclic) bond motifs is 1. The molecule has 1 heterocycles. The van der Waals surface area contributed by atoms with E-state index >= 15 is 0 Å². The summed E-state index contributed by atoms with van der Waals surface area (Å²) in [7, 11) is 0. The van der Waals surface area contributed by atoms with Crippen LogP contribution in [-0.2, 0) is 24.3 Å². The molecular weight excluding hydrogens is 422 g/mol. The van der Waals surface area contributed by atoms with E-state index in [0.717, 1.165) is 47.6 Å². The Morgan fingerprint density at radius 2 is 1.72 bits per heavy atom. The molecule has 5 nitrogen and oxygen atoms in total. The lowest BCUT2D eigenvalue weighted by atomic mass is 10.1. The molecule has 1 amide bonds. The lowest BCUT2D eigenvalue weighted by Gasteiger charge is -2.11. The molecule has 0 saturated heterocycles. The van der Waals surface area contributed by atoms with E-state index in [1.54, 1.807) is 0 Å². The van der Waals surface area contributed by atoms with E-state index in [1.165, 1.54) is 0 Å². The van der Waals surface area contributed by atoms with Gasteiger partial charge in [-0.2, -0.15) is 0 Å². The quantitative estimate of drug-likeness (QED) is 0.331. The fourth-order valence-electron chi connectivity index (χ4n) is 3.62. The average molecular weight is 448 g/mol. The maximum atomic E-state index is 12.4. The Kier molecular flexibility index (Phi) is 7.41. The number of halogens is 1. The summed E-state index contributed by atoms with van der Waals surface area (Å²) in [6.45, 7) is 1.74. The first-order valence-electron chi connectivity index (χ1n) is 10.8. The van der Waals surface area contributed by atoms with Crippen molar-refractivity contribution in [1.29, 1.82) is 0 Å². The van der Waals surface area contributed by atoms with E-state index in [1.807, 2.05) is 72.8 Å². The SMILES string of the molecule is O=C(CCc1ccccc1)NCc1nc2ccccc2n1CCCOc1ccc(Cl)cc1. The Hall–Kier alpha value is -3.31. The van der Waals surface area contributed by atoms with E-state index in [0.29, 0.717) is 24.6 Å². The van der Waals surface area contributed by atoms with Crippen molar-refractivity contribution in [1.82, 2.24) is 14.9 Å². The van der Waals surface area contributed by atoms with Gasteiger partial charge in [-0.15, -0.1) is 0 Å². The number of benzene rings is 3. The first kappa shape index (κ1) is 21.9. The molecule has 0 fully saturated rings. The van der Waals surface area contributed by atoms with Gasteiger partial charge in [-0.05, 0) is 54.8 Å². The second-order valence-corrected chi connectivity index (χ2v) is 8.02. The summed E-state index contributed by atoms with van der Waals surface area (Å²) in [5, 5.41) is 3.72. The van der Waals surface area contributed by atoms with Gasteiger partial charge in [0.2, 0.25) is 5.91 Å². The Balaban J connectivity index is 1.34. The minimum absolute atomic E-state index is 0.0264. The Morgan fingerprint density at radius 1 is 0.969 bits per heavy atom. The number of carbonyl (C=O) groups excluding carboxylic acids is 1. The number of rotatable bonds is 10. The molecule has 0 saturated carbocycles. The highest BCUT2D eigenvalue weighted by atomic mass is 35.5. The molecule has 4 rings (SSSR count). The number of hydrogen-bond donors (Lipinski definition) is 1. The summed E-state index contributed by atoms with van der Waals surface area (Å²) < 4.78 is 7.99. The number of nitrogens with one attached hydrogen (secondary N) is 1. The zero-order chi connectivity index (χ0) is 22.2. The van der Waals surface area contributed by atoms with Crippen molar-refractivity contribution < 1.29 is 9.53 Å². The van der Waals surface area contributed by atoms with Gasteiger partial charge in [0, 0.05) is 18.0 Å². The van der Waals surface area contributed by atoms with Gasteiger partial charge in [-0.3, -0.25) is 4.79 Å². The highest BCUT2D eigenvalue weighted by Gasteiger charge is 2.12. The molecular formula is C26H26ClN3O2. The predicted molar refractivity (Wildman–Crippen MR) is 128 cm³/mol. The third-order valence-corrected chi connectivity index (χ3v) is 5.52. The number of aryl methyl sites for hydroxylation is 2. The smallest absolute Gasteiger partial charge is 0.220 e. The van der Waals surface area contributed by atoms with Crippen LogP contribution in [-0.4, -0.2) is 22.1 Å². The van der Waals surface area contributed by atoms with Crippen LogP contribution in [0, 0.1) is 0 Å². The Bertz CT molecular complexity index is 1160. The summed E-state index contributed by atoms with van der Waals surface area (Å²) in [5.41, 5.74) is 3.16. The molecule has 0 aliphatic rings. The maximum absolute atomic E-state index is 12.4. The lowest BCUT2D eigenvalue weighted by molar-refractivity contribution is -0.121. The maximum Gasteiger partial charge on any atom is 0.220 e. The van der Waals surface area contributed by atoms with Crippen molar-refractivity contribution in [2.45, 2.75) is 32.4 Å². The molecule has 0 aliphatic heterocycles. The molecule has 0 spiro atoms. The van der Waals surface area contributed by atoms with Gasteiger partial charge in [0.1, 0.15) is 11.6 Å². The summed E-state index contributed by atoms with van der Waals surface area (Å²) in [6, 6.07) is 25.5. The van der Waals surface area contributed by atoms with Crippen LogP contribution < -0.4 is 10.1 Å². The summed E-state index contributed by atoms with van der Waals surface area (Å²) in [6.07, 6.45) is 2.00. The Labute approximate surface area is 193 Å². The fourth-order valence-corrected chi connectivity index (χ4v) is 3.75. The van der Waals surface area contributed by atoms with E-state index < -0.39 is 0 Å². The van der Waals surface area contributed by atoms with Crippen LogP contribution >= 0.6 is 11.6 Å². The number of amides is 1. The van der Waals surface area contributed by atoms with Crippen LogP contribution in [0.3, 0.4) is 0 Å². The number of aromatic nitrogens is 2. The molecule has 1 aromatic heterocycles. The normalized spacial score (nSPS) is 10.9. The number of imidazole rings is 1. The molecule has 1 N–H and O–H groups in total. The fraction of sp³-hybridized carbons (Fsp3) is 0.231. The zero-order valence-electron chi connectivity index (χ0n) is 17.8. The molecule has 4 aromatic rings. The largest absolute Gasteiger partial charge is 0.494 e. The van der Waals surface area contributed by atoms with Gasteiger partial charge in [0.25, 0.3) is 0 Å². The predicted octanol–water partition coefficient (Wildman–Crippen LogP) is 5.41. The van der Waals surface area contributed by atoms with Crippen LogP contribution in [0.15, 0.2) is 78.9 Å². The van der Waals surface area contributed by atoms with Gasteiger partial charge in [-0.25, -0.2) is 4.98 Å². The summed E-state index contributed by atoms with van der Waals surface area (Å²) >= 11 is 5.92. The molecule has 0 unspecified atom stereocenters. The van der Waals surface area contributed by atoms with Crippen molar-refractivity contribution in [3.63, 3.8) is 0 Å². The molecule has 0 radical (unpaired) electrons. The van der Waals surface area contributed by atoms with E-state index in [2.05, 4.69) is 16.0 Å². The molecule has 0 aliphatic carbocycles. The van der Waals surface area contributed by atoms with Crippen LogP contribution in [0.1, 0.15) is 24.2 Å². The van der Waals surface area contributed by atoms with Crippen LogP contribution in [0.4, 0.5) is 0 Å². The molecule has 0 bridgehead atoms. The third-order valence-electron chi connectivity index (χ3n) is 5.27. The molecule has 3 aromatic carbocycles. The summed E-state index contributed by atoms with van der Waals surface area (Å²) in [5.74, 6) is 1.68. The number of hydrogen-bond acceptors (Lipinski definition) is 3. The van der Waals surface area contributed by atoms with Crippen molar-refractivity contribution in [3.05, 3.63) is 95.3 Å². The van der Waals surface area contributed by atoms with Gasteiger partial charge in [0.05, 0.1) is 24.2 Å². The van der Waals surface area contributed by atoms with E-state index in [4.69, 9.17) is 21.3 Å². The first-order valence-corrected chi connectivity index (χ1v) is 11.2. The van der Waals surface area contributed by atoms with Gasteiger partial charge in [-0.1, -0.05) is 54.1 Å². The second kappa shape index (κ2) is 10.8. The first-order chi connectivity index (χ1) is 15.7. The monoisotopic (exact) mass is 447 g/mol. The minimum Gasteiger partial charge on any atom is -0.494 e. The summed E-state index contributed by atoms with van der Waals surface area (Å²) in [4.78, 5) is 17.1. The van der Waals surface area contributed by atoms with Crippen LogP contribution in [0.25, 0.3) is 11.0 Å². The molecule has 6 heteroatoms. The second-order valence-electron chi connectivity index (χ2n) is 7.59. The van der Waals surface area contributed by atoms with Crippen molar-refractivity contribution >= 4 is 28.5 Å². The molecule has 0 atom stereocenters. The van der Waals surface area contributed by atoms with Crippen LogP contribution in [0.5, 0.6) is 5.75 Å². The Morgan fingerprint density at radius 3 is 2.53 bits per heavy atom. The van der Waals surface area contributed by atoms with Crippen molar-refractivity contribution in [3.8, 4) is 5.75 Å². The van der Waals surface area contributed by atoms with Gasteiger partial charge in [0.15, 0.2) is 0 Å². The zero-order valence-corrected chi connectivity index (χ0v) is 18.6. The van der Waals surface area contributed by atoms with Gasteiger partial charge >= 0.3 is 0 Å². The third kappa shape index (κ3) is 5.89. The van der Waals surface area contributed by atoms with Gasteiger partial charge < -0.3 is 14.6 Å². The highest BCUT2D eigenvalue weighted by Crippen LogP contribution is 2.18. The van der Waals surface area contributed by atoms with E-state index in [9.17, 15) is 4.79 Å². The number of nitrogens with zero attached hydrogens (tertiary/aromatic N) is 2. The van der Waals surface area contributed by atoms with Crippen molar-refractivity contribution in [2.75, 3.05) is 6.61 Å².